The highest BCUT2D eigenvalue weighted by atomic mass is 16.5. The fourth-order valence-electron chi connectivity index (χ4n) is 2.24. The third kappa shape index (κ3) is 3.55. The molecule has 0 bridgehead atoms. The first-order valence-corrected chi connectivity index (χ1v) is 7.22. The zero-order valence-electron chi connectivity index (χ0n) is 12.7. The molecule has 3 rings (SSSR count). The highest BCUT2D eigenvalue weighted by molar-refractivity contribution is 6.04. The van der Waals surface area contributed by atoms with Crippen LogP contribution in [0.3, 0.4) is 0 Å². The van der Waals surface area contributed by atoms with E-state index in [0.29, 0.717) is 5.56 Å². The summed E-state index contributed by atoms with van der Waals surface area (Å²) in [5.74, 6) is 0.612. The van der Waals surface area contributed by atoms with E-state index in [1.54, 1.807) is 19.5 Å². The lowest BCUT2D eigenvalue weighted by Crippen LogP contribution is -2.11. The molecule has 114 valence electrons. The molecule has 2 aromatic carbocycles. The molecule has 1 heterocycles. The standard InChI is InChI=1S/C19H16N2O2/c1-23-18-8-6-17(7-9-18)21-19(22)16-4-2-14(3-5-16)15-10-12-20-13-11-15/h2-13H,1H3,(H,21,22). The minimum atomic E-state index is -0.142. The van der Waals surface area contributed by atoms with Crippen LogP contribution in [0.4, 0.5) is 5.69 Å². The molecule has 0 radical (unpaired) electrons. The number of pyridine rings is 1. The van der Waals surface area contributed by atoms with Crippen LogP contribution in [0.25, 0.3) is 11.1 Å². The fourth-order valence-corrected chi connectivity index (χ4v) is 2.24. The van der Waals surface area contributed by atoms with Crippen LogP contribution in [-0.4, -0.2) is 18.0 Å². The number of hydrogen-bond acceptors (Lipinski definition) is 3. The van der Waals surface area contributed by atoms with Crippen LogP contribution in [0.2, 0.25) is 0 Å². The summed E-state index contributed by atoms with van der Waals surface area (Å²) in [5.41, 5.74) is 3.46. The van der Waals surface area contributed by atoms with E-state index in [2.05, 4.69) is 10.3 Å². The van der Waals surface area contributed by atoms with Gasteiger partial charge in [0, 0.05) is 23.6 Å². The maximum absolute atomic E-state index is 12.3. The Morgan fingerprint density at radius 3 is 2.09 bits per heavy atom. The fraction of sp³-hybridized carbons (Fsp3) is 0.0526. The number of amides is 1. The van der Waals surface area contributed by atoms with Crippen LogP contribution >= 0.6 is 0 Å². The van der Waals surface area contributed by atoms with Gasteiger partial charge in [0.05, 0.1) is 7.11 Å². The summed E-state index contributed by atoms with van der Waals surface area (Å²) in [6.45, 7) is 0. The van der Waals surface area contributed by atoms with Gasteiger partial charge in [-0.1, -0.05) is 12.1 Å². The lowest BCUT2D eigenvalue weighted by molar-refractivity contribution is 0.102. The summed E-state index contributed by atoms with van der Waals surface area (Å²) in [6.07, 6.45) is 3.50. The molecular formula is C19H16N2O2. The van der Waals surface area contributed by atoms with Gasteiger partial charge in [0.15, 0.2) is 0 Å². The minimum Gasteiger partial charge on any atom is -0.497 e. The average Bonchev–Trinajstić information content (AvgIpc) is 2.63. The topological polar surface area (TPSA) is 51.2 Å². The average molecular weight is 304 g/mol. The third-order valence-electron chi connectivity index (χ3n) is 3.51. The van der Waals surface area contributed by atoms with Crippen molar-refractivity contribution < 1.29 is 9.53 Å². The maximum atomic E-state index is 12.3. The molecule has 1 aromatic heterocycles. The number of nitrogens with one attached hydrogen (secondary N) is 1. The molecule has 3 aromatic rings. The largest absolute Gasteiger partial charge is 0.497 e. The van der Waals surface area contributed by atoms with Gasteiger partial charge >= 0.3 is 0 Å². The van der Waals surface area contributed by atoms with E-state index in [-0.39, 0.29) is 5.91 Å². The summed E-state index contributed by atoms with van der Waals surface area (Å²) in [4.78, 5) is 16.3. The Bertz CT molecular complexity index is 782. The summed E-state index contributed by atoms with van der Waals surface area (Å²) >= 11 is 0. The van der Waals surface area contributed by atoms with Gasteiger partial charge in [-0.15, -0.1) is 0 Å². The number of rotatable bonds is 4. The molecule has 0 spiro atoms. The van der Waals surface area contributed by atoms with Crippen molar-refractivity contribution in [3.63, 3.8) is 0 Å². The molecule has 0 unspecified atom stereocenters. The van der Waals surface area contributed by atoms with Crippen LogP contribution in [0, 0.1) is 0 Å². The van der Waals surface area contributed by atoms with Crippen LogP contribution in [0.1, 0.15) is 10.4 Å². The Hall–Kier alpha value is -3.14. The quantitative estimate of drug-likeness (QED) is 0.792. The number of benzene rings is 2. The van der Waals surface area contributed by atoms with Gasteiger partial charge in [0.25, 0.3) is 5.91 Å². The first-order chi connectivity index (χ1) is 11.3. The van der Waals surface area contributed by atoms with Crippen LogP contribution in [0.5, 0.6) is 5.75 Å². The number of carbonyl (C=O) groups is 1. The summed E-state index contributed by atoms with van der Waals surface area (Å²) < 4.78 is 5.10. The van der Waals surface area contributed by atoms with Crippen molar-refractivity contribution in [3.05, 3.63) is 78.6 Å². The Morgan fingerprint density at radius 2 is 1.48 bits per heavy atom. The van der Waals surface area contributed by atoms with Crippen molar-refractivity contribution in [2.24, 2.45) is 0 Å². The van der Waals surface area contributed by atoms with E-state index in [9.17, 15) is 4.79 Å². The molecule has 0 saturated carbocycles. The molecule has 23 heavy (non-hydrogen) atoms. The Morgan fingerprint density at radius 1 is 0.870 bits per heavy atom. The third-order valence-corrected chi connectivity index (χ3v) is 3.51. The maximum Gasteiger partial charge on any atom is 0.255 e. The van der Waals surface area contributed by atoms with Gasteiger partial charge in [-0.2, -0.15) is 0 Å². The molecule has 4 nitrogen and oxygen atoms in total. The van der Waals surface area contributed by atoms with Crippen molar-refractivity contribution in [3.8, 4) is 16.9 Å². The monoisotopic (exact) mass is 304 g/mol. The van der Waals surface area contributed by atoms with Crippen LogP contribution in [-0.2, 0) is 0 Å². The van der Waals surface area contributed by atoms with Gasteiger partial charge in [-0.25, -0.2) is 0 Å². The van der Waals surface area contributed by atoms with Gasteiger partial charge in [-0.3, -0.25) is 9.78 Å². The van der Waals surface area contributed by atoms with Crippen LogP contribution in [0.15, 0.2) is 73.1 Å². The highest BCUT2D eigenvalue weighted by Crippen LogP contribution is 2.20. The molecule has 4 heteroatoms. The Balaban J connectivity index is 1.72. The van der Waals surface area contributed by atoms with Gasteiger partial charge in [-0.05, 0) is 59.7 Å². The normalized spacial score (nSPS) is 10.1. The zero-order chi connectivity index (χ0) is 16.1. The van der Waals surface area contributed by atoms with E-state index in [4.69, 9.17) is 4.74 Å². The van der Waals surface area contributed by atoms with E-state index >= 15 is 0 Å². The summed E-state index contributed by atoms with van der Waals surface area (Å²) in [7, 11) is 1.61. The zero-order valence-corrected chi connectivity index (χ0v) is 12.7. The van der Waals surface area contributed by atoms with Crippen molar-refractivity contribution in [2.45, 2.75) is 0 Å². The highest BCUT2D eigenvalue weighted by Gasteiger charge is 2.06. The number of aromatic nitrogens is 1. The van der Waals surface area contributed by atoms with Gasteiger partial charge < -0.3 is 10.1 Å². The number of carbonyl (C=O) groups excluding carboxylic acids is 1. The number of ether oxygens (including phenoxy) is 1. The second kappa shape index (κ2) is 6.75. The smallest absolute Gasteiger partial charge is 0.255 e. The van der Waals surface area contributed by atoms with Crippen molar-refractivity contribution >= 4 is 11.6 Å². The lowest BCUT2D eigenvalue weighted by atomic mass is 10.0. The predicted octanol–water partition coefficient (Wildman–Crippen LogP) is 4.01. The molecule has 0 atom stereocenters. The predicted molar refractivity (Wildman–Crippen MR) is 90.6 cm³/mol. The molecule has 0 aliphatic rings. The number of nitrogens with zero attached hydrogens (tertiary/aromatic N) is 1. The second-order valence-corrected chi connectivity index (χ2v) is 5.00. The van der Waals surface area contributed by atoms with Crippen LogP contribution < -0.4 is 10.1 Å². The lowest BCUT2D eigenvalue weighted by Gasteiger charge is -2.07. The number of methoxy groups -OCH3 is 1. The molecule has 1 amide bonds. The molecule has 0 fully saturated rings. The first-order valence-electron chi connectivity index (χ1n) is 7.22. The SMILES string of the molecule is COc1ccc(NC(=O)c2ccc(-c3ccncc3)cc2)cc1. The van der Waals surface area contributed by atoms with Crippen molar-refractivity contribution in [1.82, 2.24) is 4.98 Å². The minimum absolute atomic E-state index is 0.142. The summed E-state index contributed by atoms with van der Waals surface area (Å²) in [6, 6.07) is 18.6. The summed E-state index contributed by atoms with van der Waals surface area (Å²) in [5, 5.41) is 2.86. The number of anilines is 1. The molecule has 0 aliphatic heterocycles. The Kier molecular flexibility index (Phi) is 4.34. The molecular weight excluding hydrogens is 288 g/mol. The van der Waals surface area contributed by atoms with Crippen molar-refractivity contribution in [1.29, 1.82) is 0 Å². The number of hydrogen-bond donors (Lipinski definition) is 1. The molecule has 1 N–H and O–H groups in total. The molecule has 0 aliphatic carbocycles. The van der Waals surface area contributed by atoms with E-state index in [1.807, 2.05) is 60.7 Å². The Labute approximate surface area is 134 Å². The molecule has 0 saturated heterocycles. The van der Waals surface area contributed by atoms with Crippen molar-refractivity contribution in [2.75, 3.05) is 12.4 Å². The van der Waals surface area contributed by atoms with Gasteiger partial charge in [0.1, 0.15) is 5.75 Å². The second-order valence-electron chi connectivity index (χ2n) is 5.00. The van der Waals surface area contributed by atoms with E-state index < -0.39 is 0 Å². The van der Waals surface area contributed by atoms with E-state index in [0.717, 1.165) is 22.6 Å². The van der Waals surface area contributed by atoms with Gasteiger partial charge in [0.2, 0.25) is 0 Å². The first kappa shape index (κ1) is 14.8. The van der Waals surface area contributed by atoms with E-state index in [1.165, 1.54) is 0 Å².